The van der Waals surface area contributed by atoms with Crippen LogP contribution in [-0.4, -0.2) is 54.5 Å². The highest BCUT2D eigenvalue weighted by Gasteiger charge is 2.24. The lowest BCUT2D eigenvalue weighted by atomic mass is 10.1. The van der Waals surface area contributed by atoms with Gasteiger partial charge in [0.15, 0.2) is 0 Å². The number of amides is 3. The van der Waals surface area contributed by atoms with Crippen molar-refractivity contribution in [2.45, 2.75) is 6.92 Å². The first kappa shape index (κ1) is 14.2. The summed E-state index contributed by atoms with van der Waals surface area (Å²) in [5.74, 6) is -0.0134. The molecule has 0 bridgehead atoms. The van der Waals surface area contributed by atoms with E-state index in [9.17, 15) is 9.59 Å². The van der Waals surface area contributed by atoms with Crippen LogP contribution in [0.2, 0.25) is 0 Å². The van der Waals surface area contributed by atoms with E-state index in [0.717, 1.165) is 0 Å². The maximum atomic E-state index is 12.3. The number of benzene rings is 1. The third kappa shape index (κ3) is 3.20. The van der Waals surface area contributed by atoms with Gasteiger partial charge >= 0.3 is 6.03 Å². The van der Waals surface area contributed by atoms with Gasteiger partial charge in [0, 0.05) is 44.0 Å². The second-order valence-electron chi connectivity index (χ2n) is 4.74. The van der Waals surface area contributed by atoms with Crippen molar-refractivity contribution in [3.05, 3.63) is 29.8 Å². The number of nitrogens with one attached hydrogen (secondary N) is 1. The maximum absolute atomic E-state index is 12.3. The summed E-state index contributed by atoms with van der Waals surface area (Å²) < 4.78 is 0. The zero-order valence-electron chi connectivity index (χ0n) is 11.6. The van der Waals surface area contributed by atoms with Crippen molar-refractivity contribution in [3.8, 4) is 0 Å². The second kappa shape index (κ2) is 6.27. The van der Waals surface area contributed by atoms with Gasteiger partial charge in [0.25, 0.3) is 5.91 Å². The quantitative estimate of drug-likeness (QED) is 0.783. The summed E-state index contributed by atoms with van der Waals surface area (Å²) in [6.45, 7) is 4.74. The van der Waals surface area contributed by atoms with Gasteiger partial charge in [0.05, 0.1) is 0 Å². The number of rotatable bonds is 2. The van der Waals surface area contributed by atoms with Crippen molar-refractivity contribution in [2.24, 2.45) is 0 Å². The molecule has 0 atom stereocenters. The highest BCUT2D eigenvalue weighted by Crippen LogP contribution is 2.11. The normalized spacial score (nSPS) is 15.1. The van der Waals surface area contributed by atoms with Gasteiger partial charge in [-0.1, -0.05) is 0 Å². The van der Waals surface area contributed by atoms with Gasteiger partial charge in [-0.3, -0.25) is 4.79 Å². The predicted octanol–water partition coefficient (Wildman–Crippen LogP) is 0.756. The first-order valence-electron chi connectivity index (χ1n) is 6.79. The number of piperazine rings is 1. The van der Waals surface area contributed by atoms with Crippen LogP contribution in [-0.2, 0) is 0 Å². The van der Waals surface area contributed by atoms with E-state index in [1.807, 2.05) is 6.92 Å². The van der Waals surface area contributed by atoms with Gasteiger partial charge in [0.2, 0.25) is 0 Å². The molecule has 0 radical (unpaired) electrons. The number of nitrogens with zero attached hydrogens (tertiary/aromatic N) is 2. The lowest BCUT2D eigenvalue weighted by molar-refractivity contribution is 0.0665. The summed E-state index contributed by atoms with van der Waals surface area (Å²) in [5, 5.41) is 2.77. The molecule has 3 amide bonds. The zero-order chi connectivity index (χ0) is 14.5. The van der Waals surface area contributed by atoms with Crippen LogP contribution in [0.3, 0.4) is 0 Å². The minimum absolute atomic E-state index is 0.0134. The Kier molecular flexibility index (Phi) is 4.45. The summed E-state index contributed by atoms with van der Waals surface area (Å²) in [6, 6.07) is 6.84. The third-order valence-electron chi connectivity index (χ3n) is 3.34. The molecule has 0 aliphatic carbocycles. The van der Waals surface area contributed by atoms with Gasteiger partial charge in [-0.25, -0.2) is 4.79 Å². The molecular formula is C14H20N4O2. The van der Waals surface area contributed by atoms with Crippen LogP contribution in [0.15, 0.2) is 24.3 Å². The monoisotopic (exact) mass is 276 g/mol. The van der Waals surface area contributed by atoms with Crippen LogP contribution in [0, 0.1) is 0 Å². The molecule has 0 unspecified atom stereocenters. The molecule has 1 aromatic rings. The Morgan fingerprint density at radius 2 is 1.65 bits per heavy atom. The molecule has 1 fully saturated rings. The van der Waals surface area contributed by atoms with Crippen molar-refractivity contribution in [1.82, 2.24) is 15.1 Å². The van der Waals surface area contributed by atoms with Crippen molar-refractivity contribution >= 4 is 17.6 Å². The van der Waals surface area contributed by atoms with Crippen LogP contribution in [0.5, 0.6) is 0 Å². The zero-order valence-corrected chi connectivity index (χ0v) is 11.6. The average molecular weight is 276 g/mol. The molecule has 1 aliphatic heterocycles. The summed E-state index contributed by atoms with van der Waals surface area (Å²) in [4.78, 5) is 27.5. The van der Waals surface area contributed by atoms with Crippen molar-refractivity contribution in [1.29, 1.82) is 0 Å². The molecule has 108 valence electrons. The van der Waals surface area contributed by atoms with Gasteiger partial charge in [-0.2, -0.15) is 0 Å². The van der Waals surface area contributed by atoms with E-state index in [-0.39, 0.29) is 11.9 Å². The fourth-order valence-electron chi connectivity index (χ4n) is 2.18. The first-order chi connectivity index (χ1) is 9.61. The number of nitrogens with two attached hydrogens (primary N) is 1. The van der Waals surface area contributed by atoms with Gasteiger partial charge < -0.3 is 20.9 Å². The Hall–Kier alpha value is -2.24. The number of hydrogen-bond donors (Lipinski definition) is 2. The van der Waals surface area contributed by atoms with Crippen molar-refractivity contribution in [3.63, 3.8) is 0 Å². The molecule has 1 aliphatic rings. The lowest BCUT2D eigenvalue weighted by Crippen LogP contribution is -2.53. The molecule has 1 saturated heterocycles. The van der Waals surface area contributed by atoms with E-state index >= 15 is 0 Å². The second-order valence-corrected chi connectivity index (χ2v) is 4.74. The number of carbonyl (C=O) groups is 2. The van der Waals surface area contributed by atoms with E-state index in [0.29, 0.717) is 44.0 Å². The van der Waals surface area contributed by atoms with Crippen LogP contribution < -0.4 is 11.1 Å². The highest BCUT2D eigenvalue weighted by molar-refractivity contribution is 5.94. The Balaban J connectivity index is 1.92. The molecule has 1 heterocycles. The largest absolute Gasteiger partial charge is 0.399 e. The fraction of sp³-hybridized carbons (Fsp3) is 0.429. The van der Waals surface area contributed by atoms with E-state index < -0.39 is 0 Å². The molecule has 20 heavy (non-hydrogen) atoms. The summed E-state index contributed by atoms with van der Waals surface area (Å²) in [7, 11) is 0. The summed E-state index contributed by atoms with van der Waals surface area (Å²) in [6.07, 6.45) is 0. The van der Waals surface area contributed by atoms with E-state index in [2.05, 4.69) is 5.32 Å². The summed E-state index contributed by atoms with van der Waals surface area (Å²) in [5.41, 5.74) is 6.88. The molecule has 6 heteroatoms. The number of nitrogen functional groups attached to an aromatic ring is 1. The molecule has 0 aromatic heterocycles. The van der Waals surface area contributed by atoms with E-state index in [4.69, 9.17) is 5.73 Å². The van der Waals surface area contributed by atoms with Gasteiger partial charge in [0.1, 0.15) is 0 Å². The Morgan fingerprint density at radius 3 is 2.20 bits per heavy atom. The molecule has 1 aromatic carbocycles. The number of carbonyl (C=O) groups excluding carboxylic acids is 2. The topological polar surface area (TPSA) is 78.7 Å². The minimum Gasteiger partial charge on any atom is -0.399 e. The molecule has 2 rings (SSSR count). The van der Waals surface area contributed by atoms with Gasteiger partial charge in [-0.05, 0) is 31.2 Å². The summed E-state index contributed by atoms with van der Waals surface area (Å²) >= 11 is 0. The standard InChI is InChI=1S/C14H20N4O2/c1-2-16-14(20)18-9-7-17(8-10-18)13(19)11-3-5-12(15)6-4-11/h3-6H,2,7-10,15H2,1H3,(H,16,20). The van der Waals surface area contributed by atoms with Crippen molar-refractivity contribution in [2.75, 3.05) is 38.5 Å². The molecule has 6 nitrogen and oxygen atoms in total. The number of urea groups is 1. The Morgan fingerprint density at radius 1 is 1.10 bits per heavy atom. The molecule has 0 spiro atoms. The molecule has 0 saturated carbocycles. The van der Waals surface area contributed by atoms with Crippen LogP contribution in [0.1, 0.15) is 17.3 Å². The van der Waals surface area contributed by atoms with Crippen LogP contribution >= 0.6 is 0 Å². The fourth-order valence-corrected chi connectivity index (χ4v) is 2.18. The third-order valence-corrected chi connectivity index (χ3v) is 3.34. The first-order valence-corrected chi connectivity index (χ1v) is 6.79. The molecule has 3 N–H and O–H groups in total. The predicted molar refractivity (Wildman–Crippen MR) is 77.4 cm³/mol. The van der Waals surface area contributed by atoms with E-state index in [1.54, 1.807) is 34.1 Å². The Bertz CT molecular complexity index is 478. The van der Waals surface area contributed by atoms with Gasteiger partial charge in [-0.15, -0.1) is 0 Å². The average Bonchev–Trinajstić information content (AvgIpc) is 2.48. The smallest absolute Gasteiger partial charge is 0.317 e. The molecular weight excluding hydrogens is 256 g/mol. The number of anilines is 1. The lowest BCUT2D eigenvalue weighted by Gasteiger charge is -2.34. The SMILES string of the molecule is CCNC(=O)N1CCN(C(=O)c2ccc(N)cc2)CC1. The highest BCUT2D eigenvalue weighted by atomic mass is 16.2. The van der Waals surface area contributed by atoms with E-state index in [1.165, 1.54) is 0 Å². The van der Waals surface area contributed by atoms with Crippen molar-refractivity contribution < 1.29 is 9.59 Å². The Labute approximate surface area is 118 Å². The van der Waals surface area contributed by atoms with Crippen LogP contribution in [0.4, 0.5) is 10.5 Å². The number of hydrogen-bond acceptors (Lipinski definition) is 3. The minimum atomic E-state index is -0.0629. The maximum Gasteiger partial charge on any atom is 0.317 e. The van der Waals surface area contributed by atoms with Crippen LogP contribution in [0.25, 0.3) is 0 Å².